The van der Waals surface area contributed by atoms with Gasteiger partial charge in [-0.05, 0) is 13.0 Å². The van der Waals surface area contributed by atoms with Crippen LogP contribution in [0.5, 0.6) is 5.75 Å². The normalized spacial score (nSPS) is 10.4. The molecule has 0 aromatic heterocycles. The van der Waals surface area contributed by atoms with E-state index in [1.807, 2.05) is 6.92 Å². The number of ether oxygens (including phenoxy) is 1. The van der Waals surface area contributed by atoms with E-state index in [9.17, 15) is 14.9 Å². The van der Waals surface area contributed by atoms with Crippen LogP contribution in [-0.4, -0.2) is 24.0 Å². The molecule has 0 aliphatic rings. The van der Waals surface area contributed by atoms with Gasteiger partial charge in [0.15, 0.2) is 0 Å². The summed E-state index contributed by atoms with van der Waals surface area (Å²) < 4.78 is 5.39. The standard InChI is InChI=1S/C13H16N2O4/c1-3-19-13-7-6-12(15(17)18)9-11(13)5-4-8-14-10(2)16/h4-7,9H,3,8H2,1-2H3,(H,14,16). The molecule has 6 nitrogen and oxygen atoms in total. The predicted octanol–water partition coefficient (Wildman–Crippen LogP) is 2.14. The third-order valence-corrected chi connectivity index (χ3v) is 2.27. The quantitative estimate of drug-likeness (QED) is 0.630. The van der Waals surface area contributed by atoms with Crippen molar-refractivity contribution in [2.75, 3.05) is 13.2 Å². The van der Waals surface area contributed by atoms with Gasteiger partial charge < -0.3 is 10.1 Å². The zero-order chi connectivity index (χ0) is 14.3. The van der Waals surface area contributed by atoms with E-state index < -0.39 is 4.92 Å². The number of nitro benzene ring substituents is 1. The number of carbonyl (C=O) groups is 1. The van der Waals surface area contributed by atoms with Crippen molar-refractivity contribution in [3.63, 3.8) is 0 Å². The van der Waals surface area contributed by atoms with Gasteiger partial charge in [-0.15, -0.1) is 0 Å². The molecular formula is C13H16N2O4. The predicted molar refractivity (Wildman–Crippen MR) is 72.0 cm³/mol. The van der Waals surface area contributed by atoms with E-state index in [2.05, 4.69) is 5.32 Å². The van der Waals surface area contributed by atoms with Crippen LogP contribution in [0.3, 0.4) is 0 Å². The molecule has 0 bridgehead atoms. The van der Waals surface area contributed by atoms with Crippen LogP contribution in [-0.2, 0) is 4.79 Å². The van der Waals surface area contributed by atoms with Crippen molar-refractivity contribution in [3.05, 3.63) is 40.0 Å². The van der Waals surface area contributed by atoms with Crippen molar-refractivity contribution >= 4 is 17.7 Å². The lowest BCUT2D eigenvalue weighted by Crippen LogP contribution is -2.19. The highest BCUT2D eigenvalue weighted by molar-refractivity contribution is 5.73. The van der Waals surface area contributed by atoms with E-state index in [0.29, 0.717) is 24.5 Å². The maximum atomic E-state index is 10.7. The van der Waals surface area contributed by atoms with Gasteiger partial charge >= 0.3 is 0 Å². The molecule has 0 heterocycles. The lowest BCUT2D eigenvalue weighted by molar-refractivity contribution is -0.384. The Morgan fingerprint density at radius 3 is 2.84 bits per heavy atom. The summed E-state index contributed by atoms with van der Waals surface area (Å²) in [5, 5.41) is 13.3. The van der Waals surface area contributed by atoms with E-state index >= 15 is 0 Å². The minimum atomic E-state index is -0.457. The van der Waals surface area contributed by atoms with Crippen LogP contribution >= 0.6 is 0 Å². The number of nitro groups is 1. The molecule has 19 heavy (non-hydrogen) atoms. The summed E-state index contributed by atoms with van der Waals surface area (Å²) in [6.07, 6.45) is 3.40. The first-order valence-corrected chi connectivity index (χ1v) is 5.86. The molecule has 102 valence electrons. The summed E-state index contributed by atoms with van der Waals surface area (Å²) in [6, 6.07) is 4.41. The molecule has 0 aliphatic carbocycles. The van der Waals surface area contributed by atoms with Gasteiger partial charge in [0, 0.05) is 31.2 Å². The molecule has 1 rings (SSSR count). The van der Waals surface area contributed by atoms with Gasteiger partial charge in [0.05, 0.1) is 11.5 Å². The smallest absolute Gasteiger partial charge is 0.270 e. The summed E-state index contributed by atoms with van der Waals surface area (Å²) in [7, 11) is 0. The maximum absolute atomic E-state index is 10.7. The largest absolute Gasteiger partial charge is 0.493 e. The molecule has 6 heteroatoms. The molecule has 0 aliphatic heterocycles. The van der Waals surface area contributed by atoms with Gasteiger partial charge in [-0.1, -0.05) is 12.2 Å². The second-order valence-corrected chi connectivity index (χ2v) is 3.75. The van der Waals surface area contributed by atoms with Crippen LogP contribution in [0.15, 0.2) is 24.3 Å². The molecule has 1 amide bonds. The fourth-order valence-electron chi connectivity index (χ4n) is 1.46. The highest BCUT2D eigenvalue weighted by atomic mass is 16.6. The van der Waals surface area contributed by atoms with Gasteiger partial charge in [0.1, 0.15) is 5.75 Å². The van der Waals surface area contributed by atoms with Gasteiger partial charge in [-0.2, -0.15) is 0 Å². The Bertz CT molecular complexity index is 497. The van der Waals surface area contributed by atoms with Crippen molar-refractivity contribution in [1.82, 2.24) is 5.32 Å². The van der Waals surface area contributed by atoms with Crippen LogP contribution in [0.1, 0.15) is 19.4 Å². The summed E-state index contributed by atoms with van der Waals surface area (Å²) in [5.41, 5.74) is 0.615. The van der Waals surface area contributed by atoms with Gasteiger partial charge in [-0.3, -0.25) is 14.9 Å². The molecule has 0 spiro atoms. The first-order valence-electron chi connectivity index (χ1n) is 5.86. The molecule has 1 aromatic carbocycles. The summed E-state index contributed by atoms with van der Waals surface area (Å²) in [5.74, 6) is 0.445. The molecule has 0 unspecified atom stereocenters. The molecule has 0 atom stereocenters. The minimum absolute atomic E-state index is 0.00244. The SMILES string of the molecule is CCOc1ccc([N+](=O)[O-])cc1C=CCNC(C)=O. The topological polar surface area (TPSA) is 81.5 Å². The van der Waals surface area contributed by atoms with Gasteiger partial charge in [-0.25, -0.2) is 0 Å². The van der Waals surface area contributed by atoms with E-state index in [1.165, 1.54) is 19.1 Å². The van der Waals surface area contributed by atoms with Gasteiger partial charge in [0.2, 0.25) is 5.91 Å². The molecule has 1 N–H and O–H groups in total. The number of nitrogens with one attached hydrogen (secondary N) is 1. The van der Waals surface area contributed by atoms with Crippen LogP contribution in [0, 0.1) is 10.1 Å². The minimum Gasteiger partial charge on any atom is -0.493 e. The molecule has 0 fully saturated rings. The summed E-state index contributed by atoms with van der Waals surface area (Å²) in [4.78, 5) is 21.0. The number of benzene rings is 1. The number of carbonyl (C=O) groups excluding carboxylic acids is 1. The van der Waals surface area contributed by atoms with E-state index in [1.54, 1.807) is 18.2 Å². The van der Waals surface area contributed by atoms with Crippen LogP contribution in [0.25, 0.3) is 6.08 Å². The van der Waals surface area contributed by atoms with E-state index in [0.717, 1.165) is 0 Å². The Balaban J connectivity index is 2.90. The average molecular weight is 264 g/mol. The number of rotatable bonds is 6. The third-order valence-electron chi connectivity index (χ3n) is 2.27. The fourth-order valence-corrected chi connectivity index (χ4v) is 1.46. The highest BCUT2D eigenvalue weighted by Gasteiger charge is 2.09. The van der Waals surface area contributed by atoms with Crippen molar-refractivity contribution in [2.24, 2.45) is 0 Å². The second kappa shape index (κ2) is 7.15. The maximum Gasteiger partial charge on any atom is 0.270 e. The van der Waals surface area contributed by atoms with Crippen molar-refractivity contribution in [1.29, 1.82) is 0 Å². The Labute approximate surface area is 111 Å². The number of non-ortho nitro benzene ring substituents is 1. The Morgan fingerprint density at radius 1 is 1.53 bits per heavy atom. The first kappa shape index (κ1) is 14.7. The molecule has 1 aromatic rings. The lowest BCUT2D eigenvalue weighted by Gasteiger charge is -2.06. The lowest BCUT2D eigenvalue weighted by atomic mass is 10.1. The molecule has 0 saturated carbocycles. The first-order chi connectivity index (χ1) is 9.04. The van der Waals surface area contributed by atoms with E-state index in [4.69, 9.17) is 4.74 Å². The molecule has 0 saturated heterocycles. The average Bonchev–Trinajstić information content (AvgIpc) is 2.36. The van der Waals surface area contributed by atoms with Crippen LogP contribution in [0.4, 0.5) is 5.69 Å². The number of amides is 1. The van der Waals surface area contributed by atoms with E-state index in [-0.39, 0.29) is 11.6 Å². The number of hydrogen-bond donors (Lipinski definition) is 1. The molecular weight excluding hydrogens is 248 g/mol. The Morgan fingerprint density at radius 2 is 2.26 bits per heavy atom. The Hall–Kier alpha value is -2.37. The number of hydrogen-bond acceptors (Lipinski definition) is 4. The van der Waals surface area contributed by atoms with Crippen LogP contribution < -0.4 is 10.1 Å². The van der Waals surface area contributed by atoms with Crippen molar-refractivity contribution in [2.45, 2.75) is 13.8 Å². The zero-order valence-corrected chi connectivity index (χ0v) is 10.9. The fraction of sp³-hybridized carbons (Fsp3) is 0.308. The Kier molecular flexibility index (Phi) is 5.53. The van der Waals surface area contributed by atoms with Crippen molar-refractivity contribution in [3.8, 4) is 5.75 Å². The number of nitrogens with zero attached hydrogens (tertiary/aromatic N) is 1. The summed E-state index contributed by atoms with van der Waals surface area (Å²) >= 11 is 0. The zero-order valence-electron chi connectivity index (χ0n) is 10.9. The second-order valence-electron chi connectivity index (χ2n) is 3.75. The highest BCUT2D eigenvalue weighted by Crippen LogP contribution is 2.25. The van der Waals surface area contributed by atoms with Crippen LogP contribution in [0.2, 0.25) is 0 Å². The molecule has 0 radical (unpaired) electrons. The van der Waals surface area contributed by atoms with Crippen molar-refractivity contribution < 1.29 is 14.5 Å². The summed E-state index contributed by atoms with van der Waals surface area (Å²) in [6.45, 7) is 4.10. The monoisotopic (exact) mass is 264 g/mol. The third kappa shape index (κ3) is 4.79. The van der Waals surface area contributed by atoms with Gasteiger partial charge in [0.25, 0.3) is 5.69 Å².